The van der Waals surface area contributed by atoms with Crippen LogP contribution in [0.1, 0.15) is 24.2 Å². The number of benzene rings is 1. The van der Waals surface area contributed by atoms with Crippen molar-refractivity contribution in [2.45, 2.75) is 20.0 Å². The minimum atomic E-state index is -1.12. The highest BCUT2D eigenvalue weighted by atomic mass is 16.5. The van der Waals surface area contributed by atoms with Gasteiger partial charge in [0.2, 0.25) is 0 Å². The number of urea groups is 1. The molecular weight excluding hydrogens is 264 g/mol. The lowest BCUT2D eigenvalue weighted by Crippen LogP contribution is -2.42. The molecule has 0 saturated carbocycles. The largest absolute Gasteiger partial charge is 0.494 e. The molecule has 1 aromatic rings. The lowest BCUT2D eigenvalue weighted by Gasteiger charge is -2.12. The molecule has 1 aromatic carbocycles. The zero-order valence-electron chi connectivity index (χ0n) is 11.2. The second-order valence-electron chi connectivity index (χ2n) is 3.86. The zero-order chi connectivity index (χ0) is 15.1. The second kappa shape index (κ2) is 7.13. The highest BCUT2D eigenvalue weighted by Gasteiger charge is 2.19. The van der Waals surface area contributed by atoms with Gasteiger partial charge < -0.3 is 15.2 Å². The number of imide groups is 1. The van der Waals surface area contributed by atoms with Crippen LogP contribution in [0.25, 0.3) is 0 Å². The van der Waals surface area contributed by atoms with Crippen LogP contribution in [0.4, 0.5) is 4.79 Å². The molecule has 0 saturated heterocycles. The number of nitrogens with one attached hydrogen (secondary N) is 1. The molecule has 0 unspecified atom stereocenters. The Morgan fingerprint density at radius 3 is 2.35 bits per heavy atom. The summed E-state index contributed by atoms with van der Waals surface area (Å²) in [5.74, 6) is -0.833. The van der Waals surface area contributed by atoms with Gasteiger partial charge in [0.1, 0.15) is 5.75 Å². The van der Waals surface area contributed by atoms with E-state index >= 15 is 0 Å². The van der Waals surface area contributed by atoms with E-state index in [0.717, 1.165) is 0 Å². The number of rotatable bonds is 5. The van der Waals surface area contributed by atoms with Crippen molar-refractivity contribution in [3.8, 4) is 5.75 Å². The van der Waals surface area contributed by atoms with E-state index < -0.39 is 24.0 Å². The van der Waals surface area contributed by atoms with E-state index in [1.165, 1.54) is 19.1 Å². The number of hydrogen-bond donors (Lipinski definition) is 2. The standard InChI is InChI=1S/C13H16N2O5/c1-3-19-10-6-4-9(5-7-10)12(17)20-8(2)11(16)15-13(14)18/h4-8H,3H2,1-2H3,(H3,14,15,16,18)/t8-/m0/s1. The van der Waals surface area contributed by atoms with E-state index in [-0.39, 0.29) is 5.56 Å². The summed E-state index contributed by atoms with van der Waals surface area (Å²) in [5, 5.41) is 1.83. The molecule has 0 radical (unpaired) electrons. The summed E-state index contributed by atoms with van der Waals surface area (Å²) < 4.78 is 10.1. The normalized spacial score (nSPS) is 11.3. The van der Waals surface area contributed by atoms with Gasteiger partial charge in [0.25, 0.3) is 5.91 Å². The lowest BCUT2D eigenvalue weighted by atomic mass is 10.2. The molecule has 0 aliphatic rings. The Morgan fingerprint density at radius 1 is 1.25 bits per heavy atom. The number of hydrogen-bond acceptors (Lipinski definition) is 5. The van der Waals surface area contributed by atoms with E-state index in [9.17, 15) is 14.4 Å². The highest BCUT2D eigenvalue weighted by molar-refractivity contribution is 5.98. The van der Waals surface area contributed by atoms with Crippen LogP contribution in [-0.2, 0) is 9.53 Å². The maximum Gasteiger partial charge on any atom is 0.338 e. The van der Waals surface area contributed by atoms with E-state index in [1.807, 2.05) is 12.2 Å². The van der Waals surface area contributed by atoms with Crippen molar-refractivity contribution >= 4 is 17.9 Å². The van der Waals surface area contributed by atoms with E-state index in [2.05, 4.69) is 0 Å². The number of nitrogens with two attached hydrogens (primary N) is 1. The molecule has 20 heavy (non-hydrogen) atoms. The van der Waals surface area contributed by atoms with Gasteiger partial charge in [-0.1, -0.05) is 0 Å². The first kappa shape index (κ1) is 15.5. The van der Waals surface area contributed by atoms with E-state index in [0.29, 0.717) is 12.4 Å². The molecule has 108 valence electrons. The van der Waals surface area contributed by atoms with Gasteiger partial charge in [0, 0.05) is 0 Å². The van der Waals surface area contributed by atoms with Gasteiger partial charge in [-0.15, -0.1) is 0 Å². The molecule has 0 aromatic heterocycles. The third-order valence-corrected chi connectivity index (χ3v) is 2.30. The molecule has 0 aliphatic heterocycles. The van der Waals surface area contributed by atoms with Crippen LogP contribution >= 0.6 is 0 Å². The SMILES string of the molecule is CCOc1ccc(C(=O)O[C@@H](C)C(=O)NC(N)=O)cc1. The fourth-order valence-electron chi connectivity index (χ4n) is 1.36. The molecule has 1 rings (SSSR count). The summed E-state index contributed by atoms with van der Waals surface area (Å²) in [6.07, 6.45) is -1.12. The molecule has 1 atom stereocenters. The number of carbonyl (C=O) groups is 3. The van der Waals surface area contributed by atoms with Crippen molar-refractivity contribution in [2.24, 2.45) is 5.73 Å². The van der Waals surface area contributed by atoms with Crippen LogP contribution in [-0.4, -0.2) is 30.6 Å². The first-order valence-corrected chi connectivity index (χ1v) is 5.98. The summed E-state index contributed by atoms with van der Waals surface area (Å²) in [5.41, 5.74) is 5.06. The number of esters is 1. The third-order valence-electron chi connectivity index (χ3n) is 2.30. The van der Waals surface area contributed by atoms with E-state index in [4.69, 9.17) is 15.2 Å². The maximum atomic E-state index is 11.8. The van der Waals surface area contributed by atoms with Gasteiger partial charge in [0.15, 0.2) is 6.10 Å². The maximum absolute atomic E-state index is 11.8. The van der Waals surface area contributed by atoms with Gasteiger partial charge in [-0.25, -0.2) is 9.59 Å². The van der Waals surface area contributed by atoms with Crippen LogP contribution in [0.5, 0.6) is 5.75 Å². The number of primary amides is 1. The van der Waals surface area contributed by atoms with Crippen molar-refractivity contribution in [1.29, 1.82) is 0 Å². The van der Waals surface area contributed by atoms with Crippen molar-refractivity contribution in [3.63, 3.8) is 0 Å². The van der Waals surface area contributed by atoms with Crippen molar-refractivity contribution in [1.82, 2.24) is 5.32 Å². The topological polar surface area (TPSA) is 108 Å². The molecular formula is C13H16N2O5. The Bertz CT molecular complexity index is 498. The summed E-state index contributed by atoms with van der Waals surface area (Å²) in [6.45, 7) is 3.71. The summed E-state index contributed by atoms with van der Waals surface area (Å²) in [7, 11) is 0. The summed E-state index contributed by atoms with van der Waals surface area (Å²) >= 11 is 0. The minimum Gasteiger partial charge on any atom is -0.494 e. The average Bonchev–Trinajstić information content (AvgIpc) is 2.39. The predicted molar refractivity (Wildman–Crippen MR) is 70.2 cm³/mol. The van der Waals surface area contributed by atoms with Crippen LogP contribution in [0.15, 0.2) is 24.3 Å². The molecule has 0 spiro atoms. The second-order valence-corrected chi connectivity index (χ2v) is 3.86. The monoisotopic (exact) mass is 280 g/mol. The molecule has 3 N–H and O–H groups in total. The number of ether oxygens (including phenoxy) is 2. The van der Waals surface area contributed by atoms with Crippen LogP contribution in [0.2, 0.25) is 0 Å². The molecule has 7 heteroatoms. The molecule has 3 amide bonds. The van der Waals surface area contributed by atoms with Gasteiger partial charge in [-0.3, -0.25) is 10.1 Å². The van der Waals surface area contributed by atoms with Crippen molar-refractivity contribution in [2.75, 3.05) is 6.61 Å². The molecule has 0 aliphatic carbocycles. The Hall–Kier alpha value is -2.57. The van der Waals surface area contributed by atoms with Crippen LogP contribution in [0.3, 0.4) is 0 Å². The van der Waals surface area contributed by atoms with Crippen LogP contribution in [0, 0.1) is 0 Å². The molecule has 0 bridgehead atoms. The zero-order valence-corrected chi connectivity index (χ0v) is 11.2. The van der Waals surface area contributed by atoms with Crippen molar-refractivity contribution in [3.05, 3.63) is 29.8 Å². The molecule has 0 fully saturated rings. The Labute approximate surface area is 116 Å². The number of carbonyl (C=O) groups excluding carboxylic acids is 3. The quantitative estimate of drug-likeness (QED) is 0.776. The summed E-state index contributed by atoms with van der Waals surface area (Å²) in [4.78, 5) is 33.6. The predicted octanol–water partition coefficient (Wildman–Crippen LogP) is 0.825. The summed E-state index contributed by atoms with van der Waals surface area (Å²) in [6, 6.07) is 5.28. The minimum absolute atomic E-state index is 0.271. The van der Waals surface area contributed by atoms with E-state index in [1.54, 1.807) is 12.1 Å². The number of amides is 3. The van der Waals surface area contributed by atoms with Crippen molar-refractivity contribution < 1.29 is 23.9 Å². The third kappa shape index (κ3) is 4.60. The Balaban J connectivity index is 2.61. The van der Waals surface area contributed by atoms with Gasteiger partial charge >= 0.3 is 12.0 Å². The fourth-order valence-corrected chi connectivity index (χ4v) is 1.36. The van der Waals surface area contributed by atoms with Gasteiger partial charge in [-0.05, 0) is 38.1 Å². The van der Waals surface area contributed by atoms with Crippen LogP contribution < -0.4 is 15.8 Å². The van der Waals surface area contributed by atoms with Gasteiger partial charge in [0.05, 0.1) is 12.2 Å². The average molecular weight is 280 g/mol. The fraction of sp³-hybridized carbons (Fsp3) is 0.308. The Kier molecular flexibility index (Phi) is 5.52. The lowest BCUT2D eigenvalue weighted by molar-refractivity contribution is -0.127. The van der Waals surface area contributed by atoms with Gasteiger partial charge in [-0.2, -0.15) is 0 Å². The smallest absolute Gasteiger partial charge is 0.338 e. The first-order valence-electron chi connectivity index (χ1n) is 5.98. The Morgan fingerprint density at radius 2 is 1.85 bits per heavy atom. The molecule has 7 nitrogen and oxygen atoms in total. The first-order chi connectivity index (χ1) is 9.43. The molecule has 0 heterocycles. The highest BCUT2D eigenvalue weighted by Crippen LogP contribution is 2.13.